The Morgan fingerprint density at radius 3 is 2.35 bits per heavy atom. The molecule has 0 bridgehead atoms. The Labute approximate surface area is 120 Å². The van der Waals surface area contributed by atoms with Crippen molar-refractivity contribution < 1.29 is 4.79 Å². The minimum Gasteiger partial charge on any atom is -0.320 e. The second-order valence-electron chi connectivity index (χ2n) is 4.74. The number of para-hydroxylation sites is 1. The van der Waals surface area contributed by atoms with Crippen molar-refractivity contribution in [2.45, 2.75) is 20.4 Å². The molecule has 1 N–H and O–H groups in total. The standard InChI is InChI=1S/C17H20N2O/c1-3-19(13-15-10-5-4-6-11-15)17(20)18-16-12-8-7-9-14(16)2/h4-12H,3,13H2,1-2H3,(H,18,20). The number of aryl methyl sites for hydroxylation is 1. The second-order valence-corrected chi connectivity index (χ2v) is 4.74. The van der Waals surface area contributed by atoms with Gasteiger partial charge in [0.05, 0.1) is 0 Å². The van der Waals surface area contributed by atoms with E-state index < -0.39 is 0 Å². The maximum Gasteiger partial charge on any atom is 0.322 e. The van der Waals surface area contributed by atoms with E-state index >= 15 is 0 Å². The van der Waals surface area contributed by atoms with Gasteiger partial charge in [0.2, 0.25) is 0 Å². The predicted octanol–water partition coefficient (Wildman–Crippen LogP) is 4.05. The lowest BCUT2D eigenvalue weighted by atomic mass is 10.2. The van der Waals surface area contributed by atoms with Crippen molar-refractivity contribution in [3.05, 3.63) is 65.7 Å². The first-order chi connectivity index (χ1) is 9.70. The Hall–Kier alpha value is -2.29. The molecular weight excluding hydrogens is 248 g/mol. The summed E-state index contributed by atoms with van der Waals surface area (Å²) >= 11 is 0. The van der Waals surface area contributed by atoms with Gasteiger partial charge in [0.1, 0.15) is 0 Å². The highest BCUT2D eigenvalue weighted by Gasteiger charge is 2.12. The van der Waals surface area contributed by atoms with Gasteiger partial charge < -0.3 is 10.2 Å². The number of nitrogens with one attached hydrogen (secondary N) is 1. The topological polar surface area (TPSA) is 32.3 Å². The number of carbonyl (C=O) groups is 1. The van der Waals surface area contributed by atoms with Gasteiger partial charge in [-0.1, -0.05) is 48.5 Å². The Balaban J connectivity index is 2.04. The fourth-order valence-electron chi connectivity index (χ4n) is 2.04. The fraction of sp³-hybridized carbons (Fsp3) is 0.235. The molecule has 0 aromatic heterocycles. The fourth-order valence-corrected chi connectivity index (χ4v) is 2.04. The zero-order chi connectivity index (χ0) is 14.4. The van der Waals surface area contributed by atoms with Crippen molar-refractivity contribution in [1.29, 1.82) is 0 Å². The summed E-state index contributed by atoms with van der Waals surface area (Å²) in [6.07, 6.45) is 0. The Morgan fingerprint density at radius 2 is 1.70 bits per heavy atom. The molecule has 0 fully saturated rings. The molecule has 0 spiro atoms. The number of benzene rings is 2. The van der Waals surface area contributed by atoms with E-state index in [0.717, 1.165) is 16.8 Å². The van der Waals surface area contributed by atoms with Crippen molar-refractivity contribution in [2.75, 3.05) is 11.9 Å². The van der Waals surface area contributed by atoms with Crippen LogP contribution in [0, 0.1) is 6.92 Å². The third-order valence-corrected chi connectivity index (χ3v) is 3.27. The first-order valence-corrected chi connectivity index (χ1v) is 6.86. The van der Waals surface area contributed by atoms with Gasteiger partial charge in [-0.3, -0.25) is 0 Å². The number of hydrogen-bond donors (Lipinski definition) is 1. The number of carbonyl (C=O) groups excluding carboxylic acids is 1. The van der Waals surface area contributed by atoms with E-state index in [9.17, 15) is 4.79 Å². The van der Waals surface area contributed by atoms with Crippen LogP contribution in [-0.4, -0.2) is 17.5 Å². The number of rotatable bonds is 4. The van der Waals surface area contributed by atoms with Crippen LogP contribution in [0.15, 0.2) is 54.6 Å². The smallest absolute Gasteiger partial charge is 0.320 e. The third-order valence-electron chi connectivity index (χ3n) is 3.27. The van der Waals surface area contributed by atoms with Crippen LogP contribution in [0.3, 0.4) is 0 Å². The molecule has 0 heterocycles. The molecule has 2 aromatic rings. The maximum atomic E-state index is 12.3. The molecule has 0 saturated carbocycles. The first kappa shape index (κ1) is 14.1. The predicted molar refractivity (Wildman–Crippen MR) is 82.7 cm³/mol. The van der Waals surface area contributed by atoms with Gasteiger partial charge >= 0.3 is 6.03 Å². The van der Waals surface area contributed by atoms with Crippen LogP contribution in [0.2, 0.25) is 0 Å². The average Bonchev–Trinajstić information content (AvgIpc) is 2.48. The molecule has 0 aliphatic heterocycles. The number of nitrogens with zero attached hydrogens (tertiary/aromatic N) is 1. The van der Waals surface area contributed by atoms with Crippen LogP contribution in [0.25, 0.3) is 0 Å². The van der Waals surface area contributed by atoms with E-state index in [4.69, 9.17) is 0 Å². The summed E-state index contributed by atoms with van der Waals surface area (Å²) in [5, 5.41) is 2.97. The van der Waals surface area contributed by atoms with Gasteiger partial charge in [-0.15, -0.1) is 0 Å². The van der Waals surface area contributed by atoms with Crippen molar-refractivity contribution in [1.82, 2.24) is 4.90 Å². The molecule has 0 unspecified atom stereocenters. The average molecular weight is 268 g/mol. The second kappa shape index (κ2) is 6.75. The highest BCUT2D eigenvalue weighted by Crippen LogP contribution is 2.14. The molecule has 2 amide bonds. The van der Waals surface area contributed by atoms with Gasteiger partial charge in [-0.25, -0.2) is 4.79 Å². The zero-order valence-electron chi connectivity index (χ0n) is 12.0. The minimum absolute atomic E-state index is 0.0642. The van der Waals surface area contributed by atoms with Crippen LogP contribution < -0.4 is 5.32 Å². The van der Waals surface area contributed by atoms with E-state index in [1.807, 2.05) is 68.4 Å². The third kappa shape index (κ3) is 3.60. The SMILES string of the molecule is CCN(Cc1ccccc1)C(=O)Nc1ccccc1C. The summed E-state index contributed by atoms with van der Waals surface area (Å²) in [6, 6.07) is 17.8. The van der Waals surface area contributed by atoms with Gasteiger partial charge in [0, 0.05) is 18.8 Å². The van der Waals surface area contributed by atoms with Crippen LogP contribution >= 0.6 is 0 Å². The van der Waals surface area contributed by atoms with Crippen molar-refractivity contribution in [2.24, 2.45) is 0 Å². The Bertz CT molecular complexity index is 566. The monoisotopic (exact) mass is 268 g/mol. The summed E-state index contributed by atoms with van der Waals surface area (Å²) in [5.41, 5.74) is 3.06. The molecule has 0 saturated heterocycles. The maximum absolute atomic E-state index is 12.3. The van der Waals surface area contributed by atoms with E-state index in [2.05, 4.69) is 5.32 Å². The van der Waals surface area contributed by atoms with E-state index in [1.165, 1.54) is 0 Å². The van der Waals surface area contributed by atoms with Crippen molar-refractivity contribution in [3.63, 3.8) is 0 Å². The molecule has 0 aliphatic rings. The van der Waals surface area contributed by atoms with E-state index in [-0.39, 0.29) is 6.03 Å². The summed E-state index contributed by atoms with van der Waals surface area (Å²) in [6.45, 7) is 5.27. The minimum atomic E-state index is -0.0642. The summed E-state index contributed by atoms with van der Waals surface area (Å²) in [5.74, 6) is 0. The Morgan fingerprint density at radius 1 is 1.05 bits per heavy atom. The normalized spacial score (nSPS) is 10.1. The van der Waals surface area contributed by atoms with Crippen LogP contribution in [0.5, 0.6) is 0 Å². The van der Waals surface area contributed by atoms with Gasteiger partial charge in [0.25, 0.3) is 0 Å². The van der Waals surface area contributed by atoms with Gasteiger partial charge in [0.15, 0.2) is 0 Å². The summed E-state index contributed by atoms with van der Waals surface area (Å²) in [4.78, 5) is 14.1. The summed E-state index contributed by atoms with van der Waals surface area (Å²) < 4.78 is 0. The summed E-state index contributed by atoms with van der Waals surface area (Å²) in [7, 11) is 0. The molecule has 3 heteroatoms. The quantitative estimate of drug-likeness (QED) is 0.891. The lowest BCUT2D eigenvalue weighted by Crippen LogP contribution is -2.34. The van der Waals surface area contributed by atoms with Crippen LogP contribution in [0.4, 0.5) is 10.5 Å². The molecular formula is C17H20N2O. The van der Waals surface area contributed by atoms with Gasteiger partial charge in [-0.2, -0.15) is 0 Å². The van der Waals surface area contributed by atoms with E-state index in [0.29, 0.717) is 13.1 Å². The Kier molecular flexibility index (Phi) is 4.77. The molecule has 3 nitrogen and oxygen atoms in total. The largest absolute Gasteiger partial charge is 0.322 e. The molecule has 104 valence electrons. The first-order valence-electron chi connectivity index (χ1n) is 6.86. The number of amides is 2. The van der Waals surface area contributed by atoms with Gasteiger partial charge in [-0.05, 0) is 31.0 Å². The number of urea groups is 1. The molecule has 2 rings (SSSR count). The zero-order valence-corrected chi connectivity index (χ0v) is 12.0. The molecule has 0 aliphatic carbocycles. The van der Waals surface area contributed by atoms with Crippen molar-refractivity contribution in [3.8, 4) is 0 Å². The van der Waals surface area contributed by atoms with Crippen LogP contribution in [0.1, 0.15) is 18.1 Å². The molecule has 20 heavy (non-hydrogen) atoms. The lowest BCUT2D eigenvalue weighted by molar-refractivity contribution is 0.212. The molecule has 2 aromatic carbocycles. The molecule has 0 atom stereocenters. The molecule has 0 radical (unpaired) electrons. The van der Waals surface area contributed by atoms with E-state index in [1.54, 1.807) is 4.90 Å². The highest BCUT2D eigenvalue weighted by atomic mass is 16.2. The lowest BCUT2D eigenvalue weighted by Gasteiger charge is -2.22. The highest BCUT2D eigenvalue weighted by molar-refractivity contribution is 5.90. The van der Waals surface area contributed by atoms with Crippen LogP contribution in [-0.2, 0) is 6.54 Å². The van der Waals surface area contributed by atoms with Crippen molar-refractivity contribution >= 4 is 11.7 Å². The number of anilines is 1. The number of hydrogen-bond acceptors (Lipinski definition) is 1.